The first kappa shape index (κ1) is 16.4. The van der Waals surface area contributed by atoms with Gasteiger partial charge < -0.3 is 5.32 Å². The Morgan fingerprint density at radius 2 is 1.40 bits per heavy atom. The number of hydrogen-bond acceptors (Lipinski definition) is 1. The molecule has 0 saturated carbocycles. The lowest BCUT2D eigenvalue weighted by molar-refractivity contribution is 0.501. The zero-order chi connectivity index (χ0) is 12.3. The number of nitrogens with one attached hydrogen (secondary N) is 1. The molecule has 0 aromatic heterocycles. The summed E-state index contributed by atoms with van der Waals surface area (Å²) in [5.74, 6) is 1.70. The maximum Gasteiger partial charge on any atom is 0.0198 e. The fourth-order valence-electron chi connectivity index (χ4n) is 0.857. The summed E-state index contributed by atoms with van der Waals surface area (Å²) in [7, 11) is 0. The molecule has 0 bridgehead atoms. The molecule has 2 aliphatic rings. The summed E-state index contributed by atoms with van der Waals surface area (Å²) in [5, 5.41) is 3.01. The first-order valence-electron chi connectivity index (χ1n) is 5.80. The highest BCUT2D eigenvalue weighted by Crippen LogP contribution is 2.22. The van der Waals surface area contributed by atoms with Crippen LogP contribution in [0.5, 0.6) is 0 Å². The van der Waals surface area contributed by atoms with Crippen molar-refractivity contribution in [2.75, 3.05) is 6.54 Å². The topological polar surface area (TPSA) is 12.0 Å². The Morgan fingerprint density at radius 3 is 1.40 bits per heavy atom. The smallest absolute Gasteiger partial charge is 0.0198 e. The zero-order valence-electron chi connectivity index (χ0n) is 10.8. The minimum absolute atomic E-state index is 0.852. The molecule has 1 heterocycles. The Hall–Kier alpha value is -0.980. The average molecular weight is 209 g/mol. The molecular formula is C14H27N. The van der Waals surface area contributed by atoms with Crippen molar-refractivity contribution in [2.45, 2.75) is 34.1 Å². The third-order valence-electron chi connectivity index (χ3n) is 2.35. The van der Waals surface area contributed by atoms with Gasteiger partial charge in [-0.2, -0.15) is 0 Å². The lowest BCUT2D eigenvalue weighted by atomic mass is 9.86. The highest BCUT2D eigenvalue weighted by atomic mass is 14.9. The molecule has 0 aromatic carbocycles. The van der Waals surface area contributed by atoms with E-state index in [-0.39, 0.29) is 0 Å². The predicted molar refractivity (Wildman–Crippen MR) is 71.8 cm³/mol. The third-order valence-corrected chi connectivity index (χ3v) is 2.35. The molecule has 1 aliphatic carbocycles. The summed E-state index contributed by atoms with van der Waals surface area (Å²) in [5.41, 5.74) is 1.19. The van der Waals surface area contributed by atoms with E-state index in [4.69, 9.17) is 0 Å². The summed E-state index contributed by atoms with van der Waals surface area (Å²) >= 11 is 0. The number of rotatable bonds is 0. The van der Waals surface area contributed by atoms with Crippen molar-refractivity contribution in [1.82, 2.24) is 5.32 Å². The van der Waals surface area contributed by atoms with Crippen LogP contribution in [0.25, 0.3) is 0 Å². The minimum atomic E-state index is 0.852. The molecule has 1 saturated heterocycles. The Kier molecular flexibility index (Phi) is 12.2. The van der Waals surface area contributed by atoms with Gasteiger partial charge in [-0.25, -0.2) is 0 Å². The summed E-state index contributed by atoms with van der Waals surface area (Å²) in [6.45, 7) is 19.3. The Labute approximate surface area is 96.0 Å². The standard InChI is InChI=1S/C6H10.C4H7N.C2H6.C2H4/c1-5-3-4-6(5)2;1-4-2-3-5-4;2*1-2/h3-6H,1-2H3;5H,1-3H2;1-2H3;1-2H2. The normalized spacial score (nSPS) is 24.4. The second-order valence-electron chi connectivity index (χ2n) is 3.38. The van der Waals surface area contributed by atoms with Gasteiger partial charge in [0.1, 0.15) is 0 Å². The molecular weight excluding hydrogens is 182 g/mol. The summed E-state index contributed by atoms with van der Waals surface area (Å²) in [6, 6.07) is 0. The van der Waals surface area contributed by atoms with Gasteiger partial charge in [-0.05, 0) is 11.8 Å². The van der Waals surface area contributed by atoms with Crippen LogP contribution in [-0.2, 0) is 0 Å². The van der Waals surface area contributed by atoms with Crippen molar-refractivity contribution >= 4 is 0 Å². The quantitative estimate of drug-likeness (QED) is 0.591. The van der Waals surface area contributed by atoms with Crippen LogP contribution in [0.4, 0.5) is 0 Å². The molecule has 2 rings (SSSR count). The van der Waals surface area contributed by atoms with Gasteiger partial charge in [0.2, 0.25) is 0 Å². The molecule has 1 nitrogen and oxygen atoms in total. The van der Waals surface area contributed by atoms with Gasteiger partial charge in [-0.3, -0.25) is 0 Å². The van der Waals surface area contributed by atoms with E-state index in [0.717, 1.165) is 18.4 Å². The van der Waals surface area contributed by atoms with Gasteiger partial charge in [0, 0.05) is 18.7 Å². The van der Waals surface area contributed by atoms with Gasteiger partial charge in [0.25, 0.3) is 0 Å². The van der Waals surface area contributed by atoms with E-state index in [1.165, 1.54) is 12.1 Å². The Morgan fingerprint density at radius 1 is 1.13 bits per heavy atom. The van der Waals surface area contributed by atoms with Crippen molar-refractivity contribution in [1.29, 1.82) is 0 Å². The van der Waals surface area contributed by atoms with Gasteiger partial charge in [-0.15, -0.1) is 13.2 Å². The average Bonchev–Trinajstić information content (AvgIpc) is 2.30. The van der Waals surface area contributed by atoms with Crippen LogP contribution in [0.2, 0.25) is 0 Å². The van der Waals surface area contributed by atoms with Crippen LogP contribution in [-0.4, -0.2) is 6.54 Å². The molecule has 15 heavy (non-hydrogen) atoms. The SMILES string of the molecule is C=C.C=C1CCN1.CC.CC1C=CC1C. The van der Waals surface area contributed by atoms with Gasteiger partial charge in [0.05, 0.1) is 0 Å². The van der Waals surface area contributed by atoms with Crippen LogP contribution < -0.4 is 5.32 Å². The van der Waals surface area contributed by atoms with Crippen LogP contribution in [0.1, 0.15) is 34.1 Å². The maximum atomic E-state index is 3.65. The van der Waals surface area contributed by atoms with E-state index in [1.807, 2.05) is 13.8 Å². The monoisotopic (exact) mass is 209 g/mol. The molecule has 1 fully saturated rings. The van der Waals surface area contributed by atoms with Crippen molar-refractivity contribution < 1.29 is 0 Å². The van der Waals surface area contributed by atoms with E-state index in [2.05, 4.69) is 51.1 Å². The third kappa shape index (κ3) is 8.04. The maximum absolute atomic E-state index is 3.65. The Balaban J connectivity index is 0. The predicted octanol–water partition coefficient (Wildman–Crippen LogP) is 4.15. The molecule has 1 aliphatic heterocycles. The molecule has 0 aromatic rings. The van der Waals surface area contributed by atoms with E-state index in [0.29, 0.717) is 0 Å². The fraction of sp³-hybridized carbons (Fsp3) is 0.571. The van der Waals surface area contributed by atoms with Crippen molar-refractivity contribution in [3.05, 3.63) is 37.6 Å². The first-order chi connectivity index (χ1) is 7.20. The van der Waals surface area contributed by atoms with Crippen LogP contribution in [0.3, 0.4) is 0 Å². The van der Waals surface area contributed by atoms with Gasteiger partial charge in [0.15, 0.2) is 0 Å². The second-order valence-corrected chi connectivity index (χ2v) is 3.38. The van der Waals surface area contributed by atoms with Crippen LogP contribution in [0, 0.1) is 11.8 Å². The van der Waals surface area contributed by atoms with Crippen molar-refractivity contribution in [3.8, 4) is 0 Å². The molecule has 88 valence electrons. The van der Waals surface area contributed by atoms with Crippen molar-refractivity contribution in [3.63, 3.8) is 0 Å². The lowest BCUT2D eigenvalue weighted by Gasteiger charge is -2.20. The van der Waals surface area contributed by atoms with E-state index < -0.39 is 0 Å². The molecule has 2 unspecified atom stereocenters. The Bertz CT molecular complexity index is 166. The largest absolute Gasteiger partial charge is 0.388 e. The first-order valence-corrected chi connectivity index (χ1v) is 5.80. The number of hydrogen-bond donors (Lipinski definition) is 1. The summed E-state index contributed by atoms with van der Waals surface area (Å²) in [4.78, 5) is 0. The molecule has 0 spiro atoms. The summed E-state index contributed by atoms with van der Waals surface area (Å²) < 4.78 is 0. The lowest BCUT2D eigenvalue weighted by Crippen LogP contribution is -2.26. The highest BCUT2D eigenvalue weighted by Gasteiger charge is 2.11. The fourth-order valence-corrected chi connectivity index (χ4v) is 0.857. The van der Waals surface area contributed by atoms with Gasteiger partial charge in [-0.1, -0.05) is 46.4 Å². The van der Waals surface area contributed by atoms with Crippen molar-refractivity contribution in [2.24, 2.45) is 11.8 Å². The minimum Gasteiger partial charge on any atom is -0.388 e. The van der Waals surface area contributed by atoms with Gasteiger partial charge >= 0.3 is 0 Å². The molecule has 2 atom stereocenters. The number of allylic oxidation sites excluding steroid dienone is 2. The van der Waals surface area contributed by atoms with Crippen LogP contribution >= 0.6 is 0 Å². The summed E-state index contributed by atoms with van der Waals surface area (Å²) in [6.07, 6.45) is 5.66. The second kappa shape index (κ2) is 11.1. The molecule has 1 heteroatoms. The van der Waals surface area contributed by atoms with E-state index in [9.17, 15) is 0 Å². The van der Waals surface area contributed by atoms with E-state index >= 15 is 0 Å². The van der Waals surface area contributed by atoms with E-state index in [1.54, 1.807) is 0 Å². The molecule has 1 N–H and O–H groups in total. The van der Waals surface area contributed by atoms with Crippen LogP contribution in [0.15, 0.2) is 37.6 Å². The highest BCUT2D eigenvalue weighted by molar-refractivity contribution is 5.05. The molecule has 0 amide bonds. The molecule has 0 radical (unpaired) electrons. The zero-order valence-corrected chi connectivity index (χ0v) is 10.8.